The minimum atomic E-state index is -0.487. The molecule has 2 atom stereocenters. The third-order valence-corrected chi connectivity index (χ3v) is 2.81. The third kappa shape index (κ3) is 4.84. The molecule has 1 heterocycles. The lowest BCUT2D eigenvalue weighted by Crippen LogP contribution is -2.46. The maximum absolute atomic E-state index is 12.1. The fraction of sp³-hybridized carbons (Fsp3) is 0.786. The van der Waals surface area contributed by atoms with Gasteiger partial charge in [0, 0.05) is 13.7 Å². The summed E-state index contributed by atoms with van der Waals surface area (Å²) in [4.78, 5) is 13.8. The Labute approximate surface area is 115 Å². The molecular weight excluding hydrogens is 246 g/mol. The molecule has 110 valence electrons. The van der Waals surface area contributed by atoms with E-state index in [9.17, 15) is 4.79 Å². The van der Waals surface area contributed by atoms with Gasteiger partial charge in [0.2, 0.25) is 0 Å². The Morgan fingerprint density at radius 1 is 1.47 bits per heavy atom. The van der Waals surface area contributed by atoms with Gasteiger partial charge in [0.05, 0.1) is 12.1 Å². The number of nitrogens with zero attached hydrogens (tertiary/aromatic N) is 1. The first kappa shape index (κ1) is 16.0. The van der Waals surface area contributed by atoms with Crippen LogP contribution in [0.3, 0.4) is 0 Å². The van der Waals surface area contributed by atoms with Gasteiger partial charge in [-0.05, 0) is 27.2 Å². The topological polar surface area (TPSA) is 48.0 Å². The largest absolute Gasteiger partial charge is 0.444 e. The fourth-order valence-electron chi connectivity index (χ4n) is 1.99. The minimum absolute atomic E-state index is 0.0776. The second-order valence-corrected chi connectivity index (χ2v) is 5.57. The van der Waals surface area contributed by atoms with Crippen molar-refractivity contribution in [3.8, 4) is 0 Å². The van der Waals surface area contributed by atoms with Crippen LogP contribution in [-0.4, -0.2) is 49.2 Å². The molecule has 0 radical (unpaired) electrons. The summed E-state index contributed by atoms with van der Waals surface area (Å²) in [5, 5.41) is 0. The standard InChI is InChI=1S/C14H25NO4/c1-6-12(18-10-17-5)11-8-7-9-15(11)13(16)19-14(2,3)4/h7-8,11-12H,6,9-10H2,1-5H3/t11-,12+/m0/s1. The van der Waals surface area contributed by atoms with Crippen LogP contribution in [0.1, 0.15) is 34.1 Å². The van der Waals surface area contributed by atoms with Crippen molar-refractivity contribution in [3.63, 3.8) is 0 Å². The lowest BCUT2D eigenvalue weighted by Gasteiger charge is -2.32. The van der Waals surface area contributed by atoms with Gasteiger partial charge in [0.1, 0.15) is 12.4 Å². The minimum Gasteiger partial charge on any atom is -0.444 e. The first-order valence-corrected chi connectivity index (χ1v) is 6.66. The molecule has 0 saturated heterocycles. The van der Waals surface area contributed by atoms with E-state index in [1.54, 1.807) is 12.0 Å². The van der Waals surface area contributed by atoms with Crippen molar-refractivity contribution in [2.75, 3.05) is 20.4 Å². The van der Waals surface area contributed by atoms with Crippen LogP contribution in [0.25, 0.3) is 0 Å². The summed E-state index contributed by atoms with van der Waals surface area (Å²) in [5.41, 5.74) is -0.487. The molecule has 0 aliphatic carbocycles. The van der Waals surface area contributed by atoms with E-state index in [1.165, 1.54) is 0 Å². The Morgan fingerprint density at radius 2 is 2.16 bits per heavy atom. The molecule has 5 nitrogen and oxygen atoms in total. The van der Waals surface area contributed by atoms with Crippen LogP contribution in [-0.2, 0) is 14.2 Å². The number of ether oxygens (including phenoxy) is 3. The van der Waals surface area contributed by atoms with Gasteiger partial charge >= 0.3 is 6.09 Å². The van der Waals surface area contributed by atoms with Crippen LogP contribution >= 0.6 is 0 Å². The SMILES string of the molecule is CC[C@@H](OCOC)[C@@H]1C=CCN1C(=O)OC(C)(C)C. The van der Waals surface area contributed by atoms with Crippen molar-refractivity contribution in [2.45, 2.75) is 51.9 Å². The van der Waals surface area contributed by atoms with Gasteiger partial charge in [0.15, 0.2) is 0 Å². The molecule has 1 aliphatic rings. The molecule has 1 rings (SSSR count). The van der Waals surface area contributed by atoms with E-state index in [0.717, 1.165) is 6.42 Å². The number of hydrogen-bond acceptors (Lipinski definition) is 4. The maximum Gasteiger partial charge on any atom is 0.411 e. The van der Waals surface area contributed by atoms with E-state index in [1.807, 2.05) is 39.8 Å². The summed E-state index contributed by atoms with van der Waals surface area (Å²) in [6, 6.07) is -0.0880. The lowest BCUT2D eigenvalue weighted by molar-refractivity contribution is -0.0909. The molecule has 0 N–H and O–H groups in total. The Balaban J connectivity index is 2.66. The number of carbonyl (C=O) groups is 1. The van der Waals surface area contributed by atoms with Gasteiger partial charge in [-0.3, -0.25) is 4.90 Å². The Kier molecular flexibility index (Phi) is 5.82. The summed E-state index contributed by atoms with van der Waals surface area (Å²) in [7, 11) is 1.59. The summed E-state index contributed by atoms with van der Waals surface area (Å²) in [5.74, 6) is 0. The van der Waals surface area contributed by atoms with Crippen LogP contribution in [0, 0.1) is 0 Å². The van der Waals surface area contributed by atoms with E-state index in [2.05, 4.69) is 0 Å². The van der Waals surface area contributed by atoms with Gasteiger partial charge in [-0.2, -0.15) is 0 Å². The third-order valence-electron chi connectivity index (χ3n) is 2.81. The number of carbonyl (C=O) groups excluding carboxylic acids is 1. The number of rotatable bonds is 5. The van der Waals surface area contributed by atoms with Crippen molar-refractivity contribution >= 4 is 6.09 Å². The van der Waals surface area contributed by atoms with Gasteiger partial charge in [-0.25, -0.2) is 4.79 Å². The van der Waals surface area contributed by atoms with Crippen molar-refractivity contribution in [1.29, 1.82) is 0 Å². The molecule has 0 aromatic carbocycles. The van der Waals surface area contributed by atoms with Gasteiger partial charge in [-0.15, -0.1) is 0 Å². The van der Waals surface area contributed by atoms with Crippen LogP contribution < -0.4 is 0 Å². The molecular formula is C14H25NO4. The van der Waals surface area contributed by atoms with E-state index in [4.69, 9.17) is 14.2 Å². The Morgan fingerprint density at radius 3 is 2.68 bits per heavy atom. The highest BCUT2D eigenvalue weighted by Gasteiger charge is 2.33. The van der Waals surface area contributed by atoms with Crippen molar-refractivity contribution in [1.82, 2.24) is 4.90 Å². The molecule has 0 unspecified atom stereocenters. The predicted molar refractivity (Wildman–Crippen MR) is 72.9 cm³/mol. The predicted octanol–water partition coefficient (Wildman–Crippen LogP) is 2.56. The van der Waals surface area contributed by atoms with Crippen molar-refractivity contribution in [2.24, 2.45) is 0 Å². The molecule has 19 heavy (non-hydrogen) atoms. The fourth-order valence-corrected chi connectivity index (χ4v) is 1.99. The molecule has 1 aliphatic heterocycles. The van der Waals surface area contributed by atoms with Crippen LogP contribution in [0.2, 0.25) is 0 Å². The van der Waals surface area contributed by atoms with E-state index in [0.29, 0.717) is 6.54 Å². The molecule has 0 spiro atoms. The Bertz CT molecular complexity index is 322. The molecule has 0 bridgehead atoms. The smallest absolute Gasteiger partial charge is 0.411 e. The molecule has 5 heteroatoms. The zero-order valence-electron chi connectivity index (χ0n) is 12.5. The lowest BCUT2D eigenvalue weighted by atomic mass is 10.1. The summed E-state index contributed by atoms with van der Waals surface area (Å²) >= 11 is 0. The maximum atomic E-state index is 12.1. The summed E-state index contributed by atoms with van der Waals surface area (Å²) in [6.45, 7) is 8.41. The highest BCUT2D eigenvalue weighted by Crippen LogP contribution is 2.21. The number of hydrogen-bond donors (Lipinski definition) is 0. The quantitative estimate of drug-likeness (QED) is 0.569. The molecule has 1 amide bonds. The highest BCUT2D eigenvalue weighted by atomic mass is 16.7. The van der Waals surface area contributed by atoms with E-state index < -0.39 is 5.60 Å². The average molecular weight is 271 g/mol. The second kappa shape index (κ2) is 6.91. The van der Waals surface area contributed by atoms with Gasteiger partial charge in [0.25, 0.3) is 0 Å². The van der Waals surface area contributed by atoms with Gasteiger partial charge in [-0.1, -0.05) is 19.1 Å². The average Bonchev–Trinajstić information content (AvgIpc) is 2.77. The molecule has 0 aromatic rings. The monoisotopic (exact) mass is 271 g/mol. The zero-order valence-corrected chi connectivity index (χ0v) is 12.5. The van der Waals surface area contributed by atoms with E-state index >= 15 is 0 Å². The summed E-state index contributed by atoms with van der Waals surface area (Å²) < 4.78 is 16.0. The van der Waals surface area contributed by atoms with Crippen LogP contribution in [0.4, 0.5) is 4.79 Å². The zero-order chi connectivity index (χ0) is 14.5. The second-order valence-electron chi connectivity index (χ2n) is 5.57. The van der Waals surface area contributed by atoms with Crippen LogP contribution in [0.5, 0.6) is 0 Å². The molecule has 0 aromatic heterocycles. The normalized spacial score (nSPS) is 20.7. The molecule has 0 fully saturated rings. The van der Waals surface area contributed by atoms with Crippen LogP contribution in [0.15, 0.2) is 12.2 Å². The highest BCUT2D eigenvalue weighted by molar-refractivity contribution is 5.70. The van der Waals surface area contributed by atoms with E-state index in [-0.39, 0.29) is 25.0 Å². The molecule has 0 saturated carbocycles. The summed E-state index contributed by atoms with van der Waals surface area (Å²) in [6.07, 6.45) is 4.38. The Hall–Kier alpha value is -1.07. The first-order chi connectivity index (χ1) is 8.89. The van der Waals surface area contributed by atoms with Gasteiger partial charge < -0.3 is 14.2 Å². The number of methoxy groups -OCH3 is 1. The van der Waals surface area contributed by atoms with Crippen molar-refractivity contribution in [3.05, 3.63) is 12.2 Å². The number of amides is 1. The van der Waals surface area contributed by atoms with Crippen molar-refractivity contribution < 1.29 is 19.0 Å². The first-order valence-electron chi connectivity index (χ1n) is 6.66.